The average Bonchev–Trinajstić information content (AvgIpc) is 3.02. The Hall–Kier alpha value is -0.560. The topological polar surface area (TPSA) is 38.7 Å². The molecule has 2 bridgehead atoms. The summed E-state index contributed by atoms with van der Waals surface area (Å²) in [7, 11) is 0. The van der Waals surface area contributed by atoms with Gasteiger partial charge in [0.1, 0.15) is 6.10 Å². The summed E-state index contributed by atoms with van der Waals surface area (Å²) >= 11 is 0. The lowest BCUT2D eigenvalue weighted by molar-refractivity contribution is -0.232. The highest BCUT2D eigenvalue weighted by atomic mass is 16.8. The predicted octanol–water partition coefficient (Wildman–Crippen LogP) is 6.58. The van der Waals surface area contributed by atoms with Gasteiger partial charge >= 0.3 is 0 Å². The fourth-order valence-electron chi connectivity index (χ4n) is 12.4. The number of ether oxygens (including phenoxy) is 2. The van der Waals surface area contributed by atoms with Gasteiger partial charge in [-0.15, -0.1) is 12.8 Å². The lowest BCUT2D eigenvalue weighted by atomic mass is 9.46. The van der Waals surface area contributed by atoms with Crippen molar-refractivity contribution in [2.24, 2.45) is 51.2 Å². The second kappa shape index (κ2) is 6.85. The minimum absolute atomic E-state index is 0.0741. The Morgan fingerprint density at radius 1 is 0.824 bits per heavy atom. The summed E-state index contributed by atoms with van der Waals surface area (Å²) in [5.41, 5.74) is 1.25. The van der Waals surface area contributed by atoms with E-state index in [0.717, 1.165) is 36.5 Å². The van der Waals surface area contributed by atoms with Crippen molar-refractivity contribution in [1.82, 2.24) is 0 Å². The Balaban J connectivity index is 0.00000106. The molecule has 0 aromatic carbocycles. The first-order valence-electron chi connectivity index (χ1n) is 14.3. The molecular formula is C31H48O3. The van der Waals surface area contributed by atoms with Crippen LogP contribution < -0.4 is 0 Å². The minimum Gasteiger partial charge on any atom is -0.388 e. The second-order valence-electron chi connectivity index (χ2n) is 15.0. The maximum atomic E-state index is 10.8. The van der Waals surface area contributed by atoms with Crippen molar-refractivity contribution in [3.8, 4) is 12.8 Å². The summed E-state index contributed by atoms with van der Waals surface area (Å²) in [6.07, 6.45) is 21.3. The summed E-state index contributed by atoms with van der Waals surface area (Å²) in [5, 5.41) is 10.8. The van der Waals surface area contributed by atoms with Crippen LogP contribution >= 0.6 is 0 Å². The Bertz CT molecular complexity index is 885. The number of hydrogen-bond donors (Lipinski definition) is 1. The SMILES string of the molecule is C#C.C[C@@H]1C23CCCC(C)(C)C2CC[C@H]2C4CC56O[C@H](CCC5[C@@]4(C)CC[C@]123)[C@@H](C(C)(C)O)O6. The van der Waals surface area contributed by atoms with Gasteiger partial charge in [0.2, 0.25) is 0 Å². The molecule has 2 saturated heterocycles. The van der Waals surface area contributed by atoms with Gasteiger partial charge < -0.3 is 14.6 Å². The lowest BCUT2D eigenvalue weighted by Gasteiger charge is -2.58. The van der Waals surface area contributed by atoms with Crippen LogP contribution in [0.4, 0.5) is 0 Å². The number of hydrogen-bond acceptors (Lipinski definition) is 3. The van der Waals surface area contributed by atoms with E-state index >= 15 is 0 Å². The monoisotopic (exact) mass is 468 g/mol. The van der Waals surface area contributed by atoms with E-state index in [1.54, 1.807) is 0 Å². The van der Waals surface area contributed by atoms with Gasteiger partial charge in [-0.1, -0.05) is 34.1 Å². The number of rotatable bonds is 1. The Morgan fingerprint density at radius 2 is 1.53 bits per heavy atom. The molecule has 0 radical (unpaired) electrons. The third-order valence-corrected chi connectivity index (χ3v) is 13.4. The van der Waals surface area contributed by atoms with E-state index in [0.29, 0.717) is 27.6 Å². The standard InChI is InChI=1S/C29H46O3.C2H2/c1-17-27-15-14-26(6)19(18(27)8-10-21-24(2,3)12-7-13-28(17,21)27)16-29-22(26)11-9-20(31-29)23(32-29)25(4,5)30;1-2/h17-23,30H,7-16H2,1-6H3;1-2H/t17-,18-,19?,20+,21?,22?,23-,26-,27-,28?,29?;/m0./s1. The molecule has 34 heavy (non-hydrogen) atoms. The molecule has 7 rings (SSSR count). The first-order chi connectivity index (χ1) is 15.9. The molecule has 7 aliphatic rings. The smallest absolute Gasteiger partial charge is 0.173 e. The third kappa shape index (κ3) is 2.48. The first-order valence-corrected chi connectivity index (χ1v) is 14.3. The summed E-state index contributed by atoms with van der Waals surface area (Å²) in [5.74, 6) is 3.50. The molecule has 5 aliphatic carbocycles. The molecule has 190 valence electrons. The quantitative estimate of drug-likeness (QED) is 0.442. The van der Waals surface area contributed by atoms with Crippen molar-refractivity contribution in [3.05, 3.63) is 0 Å². The number of terminal acetylenes is 1. The normalized spacial score (nSPS) is 58.2. The van der Waals surface area contributed by atoms with E-state index in [1.165, 1.54) is 51.4 Å². The van der Waals surface area contributed by atoms with Gasteiger partial charge in [0, 0.05) is 12.3 Å². The highest BCUT2D eigenvalue weighted by molar-refractivity contribution is 5.32. The van der Waals surface area contributed by atoms with Crippen molar-refractivity contribution < 1.29 is 14.6 Å². The van der Waals surface area contributed by atoms with E-state index in [1.807, 2.05) is 13.8 Å². The molecule has 5 unspecified atom stereocenters. The summed E-state index contributed by atoms with van der Waals surface area (Å²) in [6, 6.07) is 0. The van der Waals surface area contributed by atoms with Gasteiger partial charge in [0.05, 0.1) is 11.7 Å². The molecule has 5 saturated carbocycles. The van der Waals surface area contributed by atoms with Crippen LogP contribution in [0.5, 0.6) is 0 Å². The van der Waals surface area contributed by atoms with E-state index in [-0.39, 0.29) is 12.2 Å². The molecule has 7 fully saturated rings. The molecule has 0 aromatic heterocycles. The van der Waals surface area contributed by atoms with Gasteiger partial charge in [-0.25, -0.2) is 0 Å². The van der Waals surface area contributed by atoms with Crippen LogP contribution in [0.1, 0.15) is 106 Å². The average molecular weight is 469 g/mol. The van der Waals surface area contributed by atoms with Crippen molar-refractivity contribution in [2.45, 2.75) is 129 Å². The van der Waals surface area contributed by atoms with Gasteiger partial charge in [0.25, 0.3) is 0 Å². The van der Waals surface area contributed by atoms with Crippen molar-refractivity contribution in [2.75, 3.05) is 0 Å². The minimum atomic E-state index is -0.834. The molecule has 0 amide bonds. The van der Waals surface area contributed by atoms with Crippen LogP contribution in [0.2, 0.25) is 0 Å². The van der Waals surface area contributed by atoms with Gasteiger partial charge in [-0.2, -0.15) is 0 Å². The maximum Gasteiger partial charge on any atom is 0.173 e. The van der Waals surface area contributed by atoms with Crippen LogP contribution in [0.25, 0.3) is 0 Å². The maximum absolute atomic E-state index is 10.8. The lowest BCUT2D eigenvalue weighted by Crippen LogP contribution is -2.51. The largest absolute Gasteiger partial charge is 0.388 e. The zero-order chi connectivity index (χ0) is 24.5. The summed E-state index contributed by atoms with van der Waals surface area (Å²) < 4.78 is 13.7. The summed E-state index contributed by atoms with van der Waals surface area (Å²) in [4.78, 5) is 0. The summed E-state index contributed by atoms with van der Waals surface area (Å²) in [6.45, 7) is 14.3. The highest BCUT2D eigenvalue weighted by Crippen LogP contribution is 2.90. The van der Waals surface area contributed by atoms with Gasteiger partial charge in [0.15, 0.2) is 5.79 Å². The van der Waals surface area contributed by atoms with Crippen molar-refractivity contribution in [3.63, 3.8) is 0 Å². The Labute approximate surface area is 208 Å². The first kappa shape index (κ1) is 23.8. The number of fused-ring (bicyclic) bond motifs is 4. The van der Waals surface area contributed by atoms with Crippen molar-refractivity contribution in [1.29, 1.82) is 0 Å². The van der Waals surface area contributed by atoms with Crippen LogP contribution in [0.3, 0.4) is 0 Å². The van der Waals surface area contributed by atoms with Crippen molar-refractivity contribution >= 4 is 0 Å². The van der Waals surface area contributed by atoms with Crippen LogP contribution in [0.15, 0.2) is 0 Å². The van der Waals surface area contributed by atoms with Gasteiger partial charge in [-0.05, 0) is 111 Å². The molecule has 2 heterocycles. The highest BCUT2D eigenvalue weighted by Gasteiger charge is 2.85. The molecule has 3 heteroatoms. The third-order valence-electron chi connectivity index (χ3n) is 13.4. The van der Waals surface area contributed by atoms with Gasteiger partial charge in [-0.3, -0.25) is 0 Å². The molecular weight excluding hydrogens is 420 g/mol. The molecule has 11 atom stereocenters. The Kier molecular flexibility index (Phi) is 4.80. The molecule has 2 aliphatic heterocycles. The van der Waals surface area contributed by atoms with E-state index in [9.17, 15) is 5.11 Å². The molecule has 1 N–H and O–H groups in total. The van der Waals surface area contributed by atoms with Crippen LogP contribution in [-0.2, 0) is 9.47 Å². The molecule has 3 spiro atoms. The second-order valence-corrected chi connectivity index (χ2v) is 15.0. The Morgan fingerprint density at radius 3 is 2.24 bits per heavy atom. The van der Waals surface area contributed by atoms with E-state index in [2.05, 4.69) is 40.5 Å². The fourth-order valence-corrected chi connectivity index (χ4v) is 12.4. The van der Waals surface area contributed by atoms with E-state index < -0.39 is 11.4 Å². The van der Waals surface area contributed by atoms with Crippen LogP contribution in [0, 0.1) is 64.1 Å². The molecule has 3 nitrogen and oxygen atoms in total. The van der Waals surface area contributed by atoms with Crippen LogP contribution in [-0.4, -0.2) is 28.7 Å². The zero-order valence-electron chi connectivity index (χ0n) is 22.5. The predicted molar refractivity (Wildman–Crippen MR) is 135 cm³/mol. The fraction of sp³-hybridized carbons (Fsp3) is 0.935. The van der Waals surface area contributed by atoms with E-state index in [4.69, 9.17) is 9.47 Å². The zero-order valence-corrected chi connectivity index (χ0v) is 22.5. The number of aliphatic hydroxyl groups is 1. The molecule has 0 aromatic rings.